The molecule has 2 N–H and O–H groups in total. The van der Waals surface area contributed by atoms with E-state index in [-0.39, 0.29) is 41.0 Å². The number of hydrogen-bond acceptors (Lipinski definition) is 11. The molecular formula is C50H74F2N6O7. The van der Waals surface area contributed by atoms with Gasteiger partial charge in [-0.2, -0.15) is 0 Å². The van der Waals surface area contributed by atoms with Gasteiger partial charge in [0.2, 0.25) is 5.91 Å². The Morgan fingerprint density at radius 3 is 1.86 bits per heavy atom. The minimum absolute atomic E-state index is 0.00770. The number of fused-ring (bicyclic) bond motifs is 1. The fourth-order valence-electron chi connectivity index (χ4n) is 9.88. The first-order valence-electron chi connectivity index (χ1n) is 23.5. The van der Waals surface area contributed by atoms with Gasteiger partial charge >= 0.3 is 18.0 Å². The van der Waals surface area contributed by atoms with Gasteiger partial charge in [0.1, 0.15) is 28.4 Å². The van der Waals surface area contributed by atoms with Crippen molar-refractivity contribution in [1.29, 1.82) is 0 Å². The van der Waals surface area contributed by atoms with Crippen molar-refractivity contribution in [3.63, 3.8) is 0 Å². The van der Waals surface area contributed by atoms with Crippen molar-refractivity contribution in [2.24, 2.45) is 0 Å². The molecule has 2 aromatic rings. The van der Waals surface area contributed by atoms with Gasteiger partial charge in [0.25, 0.3) is 0 Å². The Labute approximate surface area is 385 Å². The van der Waals surface area contributed by atoms with Crippen LogP contribution in [0.4, 0.5) is 25.0 Å². The largest absolute Gasteiger partial charge is 0.459 e. The first kappa shape index (κ1) is 50.1. The average Bonchev–Trinajstić information content (AvgIpc) is 3.91. The van der Waals surface area contributed by atoms with Gasteiger partial charge in [-0.1, -0.05) is 12.1 Å². The number of amides is 2. The number of esters is 2. The molecule has 2 atom stereocenters. The molecule has 15 heteroatoms. The van der Waals surface area contributed by atoms with Crippen molar-refractivity contribution >= 4 is 35.3 Å². The van der Waals surface area contributed by atoms with E-state index in [1.165, 1.54) is 36.8 Å². The number of rotatable bonds is 8. The number of halogens is 2. The summed E-state index contributed by atoms with van der Waals surface area (Å²) < 4.78 is 44.9. The summed E-state index contributed by atoms with van der Waals surface area (Å²) >= 11 is 0. The van der Waals surface area contributed by atoms with Gasteiger partial charge in [0, 0.05) is 80.2 Å². The molecular weight excluding hydrogens is 835 g/mol. The predicted octanol–water partition coefficient (Wildman–Crippen LogP) is 7.80. The summed E-state index contributed by atoms with van der Waals surface area (Å²) in [4.78, 5) is 60.3. The van der Waals surface area contributed by atoms with Crippen LogP contribution in [0.3, 0.4) is 0 Å². The number of carbonyl (C=O) groups is 4. The number of hydrogen-bond donors (Lipinski definition) is 2. The van der Waals surface area contributed by atoms with Crippen molar-refractivity contribution in [2.75, 3.05) is 62.6 Å². The molecule has 13 nitrogen and oxygen atoms in total. The highest BCUT2D eigenvalue weighted by atomic mass is 19.1. The Morgan fingerprint density at radius 1 is 0.738 bits per heavy atom. The van der Waals surface area contributed by atoms with E-state index in [0.29, 0.717) is 30.8 Å². The molecule has 360 valence electrons. The minimum atomic E-state index is -1.37. The van der Waals surface area contributed by atoms with Crippen LogP contribution in [0.15, 0.2) is 36.4 Å². The lowest BCUT2D eigenvalue weighted by Crippen LogP contribution is -2.54. The monoisotopic (exact) mass is 909 g/mol. The number of likely N-dealkylation sites (tertiary alicyclic amines) is 3. The molecule has 2 amide bonds. The van der Waals surface area contributed by atoms with Crippen LogP contribution in [0.1, 0.15) is 132 Å². The zero-order valence-corrected chi connectivity index (χ0v) is 40.7. The van der Waals surface area contributed by atoms with E-state index < -0.39 is 40.5 Å². The van der Waals surface area contributed by atoms with Crippen LogP contribution >= 0.6 is 0 Å². The third-order valence-electron chi connectivity index (χ3n) is 13.2. The average molecular weight is 909 g/mol. The first-order chi connectivity index (χ1) is 30.2. The van der Waals surface area contributed by atoms with E-state index in [9.17, 15) is 28.0 Å². The molecule has 4 fully saturated rings. The normalized spacial score (nSPS) is 23.9. The van der Waals surface area contributed by atoms with Gasteiger partial charge in [-0.25, -0.2) is 13.6 Å². The number of carbonyl (C=O) groups excluding carboxylic acids is 4. The maximum Gasteiger partial charge on any atom is 0.410 e. The standard InChI is InChI=1S/C32H50FN3O6.C18H24FN3O/c1-29(2,3)40-26(37)25(27(38)41-30(4,5)6)23-12-11-21(33)19-24(23)34-22-13-16-36(17-14-22)32(10)15-18-35(20-32)28(39)42-31(7,8)9;1-18(6-7-20-12-18)21-8-4-15(5-9-21)22-16-11-14(19)3-2-13(16)10-17(22)23/h11-12,19,22,25,34H,13-18,20H2,1-10H3;2-3,11,15,20H,4-10,12H2,1H3. The van der Waals surface area contributed by atoms with Gasteiger partial charge < -0.3 is 34.6 Å². The van der Waals surface area contributed by atoms with Crippen molar-refractivity contribution in [3.05, 3.63) is 59.2 Å². The molecule has 0 bridgehead atoms. The van der Waals surface area contributed by atoms with Crippen LogP contribution < -0.4 is 15.5 Å². The summed E-state index contributed by atoms with van der Waals surface area (Å²) in [7, 11) is 0. The maximum atomic E-state index is 14.5. The van der Waals surface area contributed by atoms with Gasteiger partial charge in [-0.15, -0.1) is 0 Å². The number of nitrogens with one attached hydrogen (secondary N) is 2. The molecule has 4 saturated heterocycles. The molecule has 5 aliphatic rings. The lowest BCUT2D eigenvalue weighted by molar-refractivity contribution is -0.169. The van der Waals surface area contributed by atoms with Crippen LogP contribution in [0.5, 0.6) is 0 Å². The number of nitrogens with zero attached hydrogens (tertiary/aromatic N) is 4. The second kappa shape index (κ2) is 19.5. The molecule has 7 rings (SSSR count). The van der Waals surface area contributed by atoms with Gasteiger partial charge in [-0.3, -0.25) is 24.2 Å². The number of piperidine rings is 2. The summed E-state index contributed by atoms with van der Waals surface area (Å²) in [6.07, 6.45) is 5.64. The van der Waals surface area contributed by atoms with Crippen LogP contribution in [0, 0.1) is 11.6 Å². The summed E-state index contributed by atoms with van der Waals surface area (Å²) in [5.41, 5.74) is 0.348. The molecule has 65 heavy (non-hydrogen) atoms. The molecule has 0 aromatic heterocycles. The zero-order valence-electron chi connectivity index (χ0n) is 40.7. The second-order valence-electron chi connectivity index (χ2n) is 22.1. The Morgan fingerprint density at radius 2 is 1.29 bits per heavy atom. The molecule has 2 aromatic carbocycles. The van der Waals surface area contributed by atoms with Gasteiger partial charge in [0.05, 0.1) is 12.1 Å². The topological polar surface area (TPSA) is 133 Å². The fraction of sp³-hybridized carbons (Fsp3) is 0.680. The van der Waals surface area contributed by atoms with Crippen LogP contribution in [-0.2, 0) is 35.0 Å². The van der Waals surface area contributed by atoms with Crippen molar-refractivity contribution < 1.29 is 42.2 Å². The van der Waals surface area contributed by atoms with E-state index in [2.05, 4.69) is 34.3 Å². The van der Waals surface area contributed by atoms with Crippen LogP contribution in [0.25, 0.3) is 0 Å². The second-order valence-corrected chi connectivity index (χ2v) is 22.1. The van der Waals surface area contributed by atoms with Crippen molar-refractivity contribution in [1.82, 2.24) is 20.0 Å². The summed E-state index contributed by atoms with van der Waals surface area (Å²) in [5.74, 6) is -3.48. The number of ether oxygens (including phenoxy) is 3. The van der Waals surface area contributed by atoms with Crippen LogP contribution in [0.2, 0.25) is 0 Å². The molecule has 0 radical (unpaired) electrons. The summed E-state index contributed by atoms with van der Waals surface area (Å²) in [6, 6.07) is 8.94. The Balaban J connectivity index is 0.000000253. The molecule has 5 heterocycles. The molecule has 0 spiro atoms. The van der Waals surface area contributed by atoms with E-state index in [0.717, 1.165) is 82.6 Å². The highest BCUT2D eigenvalue weighted by Gasteiger charge is 2.44. The van der Waals surface area contributed by atoms with E-state index in [1.807, 2.05) is 25.7 Å². The molecule has 5 aliphatic heterocycles. The van der Waals surface area contributed by atoms with Gasteiger partial charge in [0.15, 0.2) is 5.92 Å². The Bertz CT molecular complexity index is 2010. The smallest absolute Gasteiger partial charge is 0.410 e. The maximum absolute atomic E-state index is 14.5. The summed E-state index contributed by atoms with van der Waals surface area (Å²) in [5, 5.41) is 6.87. The van der Waals surface area contributed by atoms with E-state index in [4.69, 9.17) is 14.2 Å². The third kappa shape index (κ3) is 12.8. The number of benzene rings is 2. The fourth-order valence-corrected chi connectivity index (χ4v) is 9.88. The zero-order chi connectivity index (χ0) is 47.7. The molecule has 2 unspecified atom stereocenters. The first-order valence-corrected chi connectivity index (χ1v) is 23.5. The molecule has 0 aliphatic carbocycles. The Kier molecular flexibility index (Phi) is 15.0. The lowest BCUT2D eigenvalue weighted by Gasteiger charge is -2.44. The lowest BCUT2D eigenvalue weighted by atomic mass is 9.92. The van der Waals surface area contributed by atoms with Crippen molar-refractivity contribution in [3.8, 4) is 0 Å². The van der Waals surface area contributed by atoms with E-state index in [1.54, 1.807) is 52.5 Å². The van der Waals surface area contributed by atoms with E-state index >= 15 is 0 Å². The number of anilines is 2. The molecule has 0 saturated carbocycles. The highest BCUT2D eigenvalue weighted by Crippen LogP contribution is 2.37. The Hall–Kier alpha value is -4.34. The van der Waals surface area contributed by atoms with Gasteiger partial charge in [-0.05, 0) is 151 Å². The van der Waals surface area contributed by atoms with Crippen molar-refractivity contribution in [2.45, 2.75) is 167 Å². The SMILES string of the molecule is CC(C)(C)OC(=O)C(C(=O)OC(C)(C)C)c1ccc(F)cc1NC1CCN(C2(C)CCN(C(=O)OC(C)(C)C)C2)CC1.CC1(N2CCC(N3C(=O)Cc4ccc(F)cc43)CC2)CCNC1. The summed E-state index contributed by atoms with van der Waals surface area (Å²) in [6.45, 7) is 27.5. The highest BCUT2D eigenvalue weighted by molar-refractivity contribution is 6.03. The third-order valence-corrected chi connectivity index (χ3v) is 13.2. The predicted molar refractivity (Wildman–Crippen MR) is 248 cm³/mol. The van der Waals surface area contributed by atoms with Crippen LogP contribution in [-0.4, -0.2) is 131 Å². The minimum Gasteiger partial charge on any atom is -0.459 e. The quantitative estimate of drug-likeness (QED) is 0.153.